The lowest BCUT2D eigenvalue weighted by atomic mass is 9.89. The van der Waals surface area contributed by atoms with E-state index in [1.165, 1.54) is 29.7 Å². The molecule has 0 unspecified atom stereocenters. The topological polar surface area (TPSA) is 42.3 Å². The number of para-hydroxylation sites is 1. The van der Waals surface area contributed by atoms with Crippen LogP contribution in [0.25, 0.3) is 17.0 Å². The minimum Gasteiger partial charge on any atom is -0.340 e. The second kappa shape index (κ2) is 8.99. The molecule has 32 heavy (non-hydrogen) atoms. The summed E-state index contributed by atoms with van der Waals surface area (Å²) in [5.74, 6) is 0.316. The Kier molecular flexibility index (Phi) is 5.92. The molecule has 0 N–H and O–H groups in total. The van der Waals surface area contributed by atoms with E-state index in [9.17, 15) is 9.59 Å². The van der Waals surface area contributed by atoms with Crippen LogP contribution in [0.5, 0.6) is 0 Å². The Morgan fingerprint density at radius 1 is 0.969 bits per heavy atom. The molecular weight excluding hydrogens is 416 g/mol. The van der Waals surface area contributed by atoms with Crippen molar-refractivity contribution in [3.05, 3.63) is 76.3 Å². The molecule has 0 bridgehead atoms. The zero-order chi connectivity index (χ0) is 22.1. The molecule has 0 spiro atoms. The van der Waals surface area contributed by atoms with Crippen LogP contribution in [0.4, 0.5) is 4.79 Å². The van der Waals surface area contributed by atoms with Gasteiger partial charge in [0.1, 0.15) is 0 Å². The Balaban J connectivity index is 1.47. The van der Waals surface area contributed by atoms with Crippen LogP contribution in [-0.2, 0) is 11.3 Å². The van der Waals surface area contributed by atoms with E-state index in [-0.39, 0.29) is 11.1 Å². The quantitative estimate of drug-likeness (QED) is 0.416. The fourth-order valence-corrected chi connectivity index (χ4v) is 5.86. The number of imide groups is 1. The monoisotopic (exact) mass is 444 g/mol. The van der Waals surface area contributed by atoms with Crippen molar-refractivity contribution < 1.29 is 9.59 Å². The lowest BCUT2D eigenvalue weighted by Crippen LogP contribution is -2.34. The van der Waals surface area contributed by atoms with Crippen molar-refractivity contribution in [2.45, 2.75) is 45.6 Å². The number of thioether (sulfide) groups is 1. The Hall–Kier alpha value is -2.79. The number of fused-ring (bicyclic) bond motifs is 1. The first-order valence-electron chi connectivity index (χ1n) is 11.5. The fraction of sp³-hybridized carbons (Fsp3) is 0.333. The zero-order valence-corrected chi connectivity index (χ0v) is 19.2. The summed E-state index contributed by atoms with van der Waals surface area (Å²) in [6.07, 6.45) is 7.85. The van der Waals surface area contributed by atoms with E-state index in [0.29, 0.717) is 17.4 Å². The molecule has 1 saturated heterocycles. The molecule has 3 aromatic rings. The first kappa shape index (κ1) is 21.1. The van der Waals surface area contributed by atoms with Crippen molar-refractivity contribution >= 4 is 39.9 Å². The van der Waals surface area contributed by atoms with Gasteiger partial charge < -0.3 is 4.57 Å². The second-order valence-corrected chi connectivity index (χ2v) is 9.88. The fourth-order valence-electron chi connectivity index (χ4n) is 5.03. The largest absolute Gasteiger partial charge is 0.340 e. The molecule has 1 aromatic heterocycles. The molecule has 2 aromatic carbocycles. The minimum atomic E-state index is -0.134. The number of carbonyl (C=O) groups is 2. The number of nitrogens with zero attached hydrogens (tertiary/aromatic N) is 2. The van der Waals surface area contributed by atoms with E-state index >= 15 is 0 Å². The highest BCUT2D eigenvalue weighted by Crippen LogP contribution is 2.37. The molecule has 4 nitrogen and oxygen atoms in total. The Labute approximate surface area is 193 Å². The third-order valence-corrected chi connectivity index (χ3v) is 7.69. The van der Waals surface area contributed by atoms with Gasteiger partial charge in [-0.25, -0.2) is 0 Å². The van der Waals surface area contributed by atoms with Gasteiger partial charge in [-0.3, -0.25) is 14.5 Å². The van der Waals surface area contributed by atoms with Gasteiger partial charge in [0.05, 0.1) is 4.91 Å². The van der Waals surface area contributed by atoms with Crippen LogP contribution in [-0.4, -0.2) is 27.2 Å². The van der Waals surface area contributed by atoms with Crippen LogP contribution < -0.4 is 0 Å². The van der Waals surface area contributed by atoms with Gasteiger partial charge in [0.2, 0.25) is 0 Å². The molecular formula is C27H28N2O2S. The second-order valence-electron chi connectivity index (χ2n) is 8.88. The number of carbonyl (C=O) groups excluding carboxylic acids is 2. The first-order valence-corrected chi connectivity index (χ1v) is 12.3. The molecule has 5 heteroatoms. The molecule has 1 aliphatic carbocycles. The summed E-state index contributed by atoms with van der Waals surface area (Å²) in [7, 11) is 0. The highest BCUT2D eigenvalue weighted by atomic mass is 32.2. The average molecular weight is 445 g/mol. The normalized spacial score (nSPS) is 18.9. The summed E-state index contributed by atoms with van der Waals surface area (Å²) < 4.78 is 2.29. The molecule has 1 aliphatic heterocycles. The van der Waals surface area contributed by atoms with E-state index < -0.39 is 0 Å². The molecule has 5 rings (SSSR count). The summed E-state index contributed by atoms with van der Waals surface area (Å²) in [6.45, 7) is 3.43. The van der Waals surface area contributed by atoms with E-state index in [2.05, 4.69) is 47.9 Å². The van der Waals surface area contributed by atoms with Crippen molar-refractivity contribution in [2.24, 2.45) is 5.92 Å². The number of amides is 2. The molecule has 164 valence electrons. The SMILES string of the molecule is Cc1c(/C=C2/SC(=O)N(CC3CCCCC3)C2=O)c2ccccc2n1Cc1ccccc1. The number of aromatic nitrogens is 1. The molecule has 2 amide bonds. The molecule has 2 heterocycles. The number of benzene rings is 2. The van der Waals surface area contributed by atoms with Crippen LogP contribution >= 0.6 is 11.8 Å². The standard InChI is InChI=1S/C27H28N2O2S/c1-19-23(16-25-26(30)29(27(31)32-25)18-21-12-6-3-7-13-21)22-14-8-9-15-24(22)28(19)17-20-10-4-2-5-11-20/h2,4-5,8-11,14-16,21H,3,6-7,12-13,17-18H2,1H3/b25-16+. The average Bonchev–Trinajstić information content (AvgIpc) is 3.24. The molecule has 0 radical (unpaired) electrons. The van der Waals surface area contributed by atoms with Gasteiger partial charge in [-0.05, 0) is 55.2 Å². The lowest BCUT2D eigenvalue weighted by molar-refractivity contribution is -0.123. The van der Waals surface area contributed by atoms with Crippen molar-refractivity contribution in [3.8, 4) is 0 Å². The summed E-state index contributed by atoms with van der Waals surface area (Å²) >= 11 is 1.08. The van der Waals surface area contributed by atoms with Crippen LogP contribution in [0.3, 0.4) is 0 Å². The maximum absolute atomic E-state index is 13.1. The summed E-state index contributed by atoms with van der Waals surface area (Å²) in [5.41, 5.74) is 4.51. The smallest absolute Gasteiger partial charge is 0.293 e. The van der Waals surface area contributed by atoms with Gasteiger partial charge in [-0.15, -0.1) is 0 Å². The van der Waals surface area contributed by atoms with Crippen molar-refractivity contribution in [1.82, 2.24) is 9.47 Å². The zero-order valence-electron chi connectivity index (χ0n) is 18.4. The summed E-state index contributed by atoms with van der Waals surface area (Å²) in [6, 6.07) is 18.7. The van der Waals surface area contributed by atoms with Gasteiger partial charge in [0.25, 0.3) is 11.1 Å². The van der Waals surface area contributed by atoms with Crippen LogP contribution in [0, 0.1) is 12.8 Å². The number of hydrogen-bond donors (Lipinski definition) is 0. The molecule has 1 saturated carbocycles. The van der Waals surface area contributed by atoms with Crippen LogP contribution in [0.2, 0.25) is 0 Å². The van der Waals surface area contributed by atoms with E-state index in [1.807, 2.05) is 24.3 Å². The molecule has 0 atom stereocenters. The Morgan fingerprint density at radius 3 is 2.47 bits per heavy atom. The van der Waals surface area contributed by atoms with E-state index in [1.54, 1.807) is 0 Å². The van der Waals surface area contributed by atoms with E-state index in [0.717, 1.165) is 53.3 Å². The minimum absolute atomic E-state index is 0.127. The third kappa shape index (κ3) is 4.02. The summed E-state index contributed by atoms with van der Waals surface area (Å²) in [5, 5.41) is 0.984. The number of rotatable bonds is 5. The Bertz CT molecular complexity index is 1190. The third-order valence-electron chi connectivity index (χ3n) is 6.78. The lowest BCUT2D eigenvalue weighted by Gasteiger charge is -2.25. The van der Waals surface area contributed by atoms with E-state index in [4.69, 9.17) is 0 Å². The van der Waals surface area contributed by atoms with Crippen molar-refractivity contribution in [1.29, 1.82) is 0 Å². The maximum atomic E-state index is 13.1. The maximum Gasteiger partial charge on any atom is 0.293 e. The summed E-state index contributed by atoms with van der Waals surface area (Å²) in [4.78, 5) is 27.8. The van der Waals surface area contributed by atoms with Gasteiger partial charge in [0, 0.05) is 35.2 Å². The predicted molar refractivity (Wildman–Crippen MR) is 131 cm³/mol. The molecule has 2 aliphatic rings. The Morgan fingerprint density at radius 2 is 1.69 bits per heavy atom. The van der Waals surface area contributed by atoms with Crippen LogP contribution in [0.1, 0.15) is 48.9 Å². The molecule has 2 fully saturated rings. The highest BCUT2D eigenvalue weighted by molar-refractivity contribution is 8.18. The van der Waals surface area contributed by atoms with Crippen molar-refractivity contribution in [3.63, 3.8) is 0 Å². The van der Waals surface area contributed by atoms with Gasteiger partial charge in [0.15, 0.2) is 0 Å². The van der Waals surface area contributed by atoms with Gasteiger partial charge in [-0.1, -0.05) is 67.8 Å². The predicted octanol–water partition coefficient (Wildman–Crippen LogP) is 6.61. The first-order chi connectivity index (χ1) is 15.6. The van der Waals surface area contributed by atoms with Crippen LogP contribution in [0.15, 0.2) is 59.5 Å². The number of hydrogen-bond acceptors (Lipinski definition) is 3. The van der Waals surface area contributed by atoms with Crippen molar-refractivity contribution in [2.75, 3.05) is 6.54 Å². The van der Waals surface area contributed by atoms with Gasteiger partial charge in [-0.2, -0.15) is 0 Å². The van der Waals surface area contributed by atoms with Gasteiger partial charge >= 0.3 is 0 Å². The highest BCUT2D eigenvalue weighted by Gasteiger charge is 2.36.